The van der Waals surface area contributed by atoms with Crippen molar-refractivity contribution >= 4 is 23.9 Å². The summed E-state index contributed by atoms with van der Waals surface area (Å²) in [6, 6.07) is 3.27. The lowest BCUT2D eigenvalue weighted by molar-refractivity contribution is -0.765. The van der Waals surface area contributed by atoms with Gasteiger partial charge in [0.2, 0.25) is 6.10 Å². The third-order valence-corrected chi connectivity index (χ3v) is 6.92. The van der Waals surface area contributed by atoms with Crippen molar-refractivity contribution in [2.24, 2.45) is 0 Å². The molecule has 0 radical (unpaired) electrons. The Hall–Kier alpha value is -3.01. The summed E-state index contributed by atoms with van der Waals surface area (Å²) in [4.78, 5) is 47.7. The molecule has 1 fully saturated rings. The van der Waals surface area contributed by atoms with E-state index < -0.39 is 48.4 Å². The Bertz CT molecular complexity index is 967. The second-order valence-corrected chi connectivity index (χ2v) is 10.6. The quantitative estimate of drug-likeness (QED) is 0.0949. The Morgan fingerprint density at radius 3 is 1.88 bits per heavy atom. The number of esters is 4. The van der Waals surface area contributed by atoms with Crippen molar-refractivity contribution in [3.05, 3.63) is 30.1 Å². The van der Waals surface area contributed by atoms with Crippen LogP contribution in [-0.2, 0) is 38.1 Å². The molecule has 0 bridgehead atoms. The monoisotopic (exact) mass is 578 g/mol. The summed E-state index contributed by atoms with van der Waals surface area (Å²) in [6.07, 6.45) is 14.0. The van der Waals surface area contributed by atoms with Crippen molar-refractivity contribution in [2.75, 3.05) is 13.2 Å². The van der Waals surface area contributed by atoms with Crippen LogP contribution in [0.1, 0.15) is 121 Å². The highest BCUT2D eigenvalue weighted by Gasteiger charge is 2.54. The number of rotatable bonds is 19. The number of hydrogen-bond acceptors (Lipinski definition) is 9. The second kappa shape index (κ2) is 19.2. The Labute approximate surface area is 244 Å². The maximum Gasteiger partial charge on any atom is 0.344 e. The summed E-state index contributed by atoms with van der Waals surface area (Å²) in [5, 5.41) is 0. The van der Waals surface area contributed by atoms with Gasteiger partial charge >= 0.3 is 30.1 Å². The lowest BCUT2D eigenvalue weighted by Crippen LogP contribution is -2.48. The molecule has 10 heteroatoms. The molecule has 0 spiro atoms. The number of pyridine rings is 1. The summed E-state index contributed by atoms with van der Waals surface area (Å²) in [6.45, 7) is 6.07. The Kier molecular flexibility index (Phi) is 16.0. The fraction of sp³-hybridized carbons (Fsp3) is 0.710. The number of unbranched alkanes of at least 4 members (excludes halogenated alkanes) is 11. The third kappa shape index (κ3) is 13.0. The maximum absolute atomic E-state index is 12.7. The van der Waals surface area contributed by atoms with Crippen LogP contribution in [0.3, 0.4) is 0 Å². The van der Waals surface area contributed by atoms with E-state index >= 15 is 0 Å². The summed E-state index contributed by atoms with van der Waals surface area (Å²) in [5.74, 6) is -2.22. The van der Waals surface area contributed by atoms with E-state index in [0.717, 1.165) is 19.3 Å². The normalized spacial score (nSPS) is 19.9. The van der Waals surface area contributed by atoms with E-state index in [-0.39, 0.29) is 6.61 Å². The van der Waals surface area contributed by atoms with Gasteiger partial charge in [0.1, 0.15) is 18.3 Å². The van der Waals surface area contributed by atoms with Gasteiger partial charge in [0.25, 0.3) is 0 Å². The van der Waals surface area contributed by atoms with Gasteiger partial charge in [-0.15, -0.1) is 0 Å². The van der Waals surface area contributed by atoms with Gasteiger partial charge in [-0.3, -0.25) is 14.4 Å². The summed E-state index contributed by atoms with van der Waals surface area (Å²) >= 11 is 0. The molecule has 0 aromatic carbocycles. The molecule has 0 saturated carbocycles. The van der Waals surface area contributed by atoms with E-state index in [9.17, 15) is 19.2 Å². The van der Waals surface area contributed by atoms with Crippen LogP contribution in [0.25, 0.3) is 0 Å². The number of aromatic nitrogens is 1. The van der Waals surface area contributed by atoms with E-state index in [0.29, 0.717) is 12.2 Å². The predicted molar refractivity (Wildman–Crippen MR) is 150 cm³/mol. The van der Waals surface area contributed by atoms with Gasteiger partial charge in [-0.25, -0.2) is 4.79 Å². The zero-order chi connectivity index (χ0) is 30.0. The molecule has 1 aliphatic heterocycles. The minimum absolute atomic E-state index is 0.205. The molecule has 4 atom stereocenters. The number of carbonyl (C=O) groups excluding carboxylic acids is 4. The van der Waals surface area contributed by atoms with Gasteiger partial charge in [0.05, 0.1) is 6.61 Å². The molecule has 0 unspecified atom stereocenters. The van der Waals surface area contributed by atoms with Crippen LogP contribution in [0.4, 0.5) is 0 Å². The fourth-order valence-corrected chi connectivity index (χ4v) is 4.90. The molecule has 2 heterocycles. The lowest BCUT2D eigenvalue weighted by atomic mass is 10.1. The van der Waals surface area contributed by atoms with Gasteiger partial charge in [-0.05, 0) is 12.5 Å². The van der Waals surface area contributed by atoms with Gasteiger partial charge < -0.3 is 23.7 Å². The van der Waals surface area contributed by atoms with Crippen LogP contribution in [0.2, 0.25) is 0 Å². The standard InChI is InChI=1S/C31H48NO9/c1-5-6-7-8-9-10-11-12-13-14-15-16-20-37-31(36)26-18-17-19-32(21-26)30-29(40-25(4)35)28(39-24(3)34)27(41-30)22-38-23(2)33/h17-19,21,27-30H,5-16,20,22H2,1-4H3/q+1/t27-,28-,29-,30-/m1/s1. The molecule has 2 rings (SSSR count). The fourth-order valence-electron chi connectivity index (χ4n) is 4.90. The van der Waals surface area contributed by atoms with Crippen molar-refractivity contribution in [1.82, 2.24) is 0 Å². The topological polar surface area (TPSA) is 118 Å². The van der Waals surface area contributed by atoms with Gasteiger partial charge in [-0.2, -0.15) is 4.57 Å². The SMILES string of the molecule is CCCCCCCCCCCCCCOC(=O)c1ccc[n+]([C@@H]2O[C@H](COC(C)=O)[C@@H](OC(C)=O)[C@H]2OC(C)=O)c1. The minimum Gasteiger partial charge on any atom is -0.463 e. The molecule has 0 aliphatic carbocycles. The first-order valence-corrected chi connectivity index (χ1v) is 15.0. The van der Waals surface area contributed by atoms with Gasteiger partial charge in [0, 0.05) is 26.8 Å². The van der Waals surface area contributed by atoms with Crippen molar-refractivity contribution in [3.8, 4) is 0 Å². The van der Waals surface area contributed by atoms with Crippen LogP contribution in [0, 0.1) is 0 Å². The number of nitrogens with zero attached hydrogens (tertiary/aromatic N) is 1. The molecule has 0 N–H and O–H groups in total. The highest BCUT2D eigenvalue weighted by molar-refractivity contribution is 5.88. The first kappa shape index (κ1) is 34.2. The Morgan fingerprint density at radius 1 is 0.756 bits per heavy atom. The van der Waals surface area contributed by atoms with Crippen LogP contribution in [0.15, 0.2) is 24.5 Å². The first-order valence-electron chi connectivity index (χ1n) is 15.0. The van der Waals surface area contributed by atoms with Crippen molar-refractivity contribution in [2.45, 2.75) is 129 Å². The van der Waals surface area contributed by atoms with Crippen LogP contribution < -0.4 is 4.57 Å². The molecular weight excluding hydrogens is 530 g/mol. The predicted octanol–water partition coefficient (Wildman–Crippen LogP) is 5.16. The zero-order valence-electron chi connectivity index (χ0n) is 25.1. The van der Waals surface area contributed by atoms with Gasteiger partial charge in [-0.1, -0.05) is 77.6 Å². The molecule has 1 aliphatic rings. The van der Waals surface area contributed by atoms with E-state index in [4.69, 9.17) is 23.7 Å². The average molecular weight is 579 g/mol. The van der Waals surface area contributed by atoms with Crippen molar-refractivity contribution in [3.63, 3.8) is 0 Å². The van der Waals surface area contributed by atoms with E-state index in [1.54, 1.807) is 22.9 Å². The van der Waals surface area contributed by atoms with Gasteiger partial charge in [0.15, 0.2) is 18.5 Å². The highest BCUT2D eigenvalue weighted by atomic mass is 16.7. The maximum atomic E-state index is 12.7. The number of hydrogen-bond donors (Lipinski definition) is 0. The van der Waals surface area contributed by atoms with Crippen LogP contribution >= 0.6 is 0 Å². The molecule has 1 aromatic rings. The molecule has 1 saturated heterocycles. The summed E-state index contributed by atoms with van der Waals surface area (Å²) < 4.78 is 29.0. The second-order valence-electron chi connectivity index (χ2n) is 10.6. The lowest BCUT2D eigenvalue weighted by Gasteiger charge is -2.21. The first-order chi connectivity index (χ1) is 19.7. The van der Waals surface area contributed by atoms with Crippen LogP contribution in [-0.4, -0.2) is 55.4 Å². The largest absolute Gasteiger partial charge is 0.463 e. The van der Waals surface area contributed by atoms with E-state index in [1.807, 2.05) is 0 Å². The highest BCUT2D eigenvalue weighted by Crippen LogP contribution is 2.31. The molecule has 0 amide bonds. The van der Waals surface area contributed by atoms with Crippen molar-refractivity contribution in [1.29, 1.82) is 0 Å². The Balaban J connectivity index is 1.86. The molecule has 10 nitrogen and oxygen atoms in total. The third-order valence-electron chi connectivity index (χ3n) is 6.92. The molecular formula is C31H48NO9+. The Morgan fingerprint density at radius 2 is 1.32 bits per heavy atom. The summed E-state index contributed by atoms with van der Waals surface area (Å²) in [7, 11) is 0. The smallest absolute Gasteiger partial charge is 0.344 e. The molecule has 230 valence electrons. The molecule has 41 heavy (non-hydrogen) atoms. The number of ether oxygens (including phenoxy) is 5. The summed E-state index contributed by atoms with van der Waals surface area (Å²) in [5.41, 5.74) is 0.295. The molecule has 1 aromatic heterocycles. The number of carbonyl (C=O) groups is 4. The minimum atomic E-state index is -1.03. The van der Waals surface area contributed by atoms with E-state index in [2.05, 4.69) is 6.92 Å². The van der Waals surface area contributed by atoms with Crippen LogP contribution in [0.5, 0.6) is 0 Å². The zero-order valence-corrected chi connectivity index (χ0v) is 25.1. The average Bonchev–Trinajstić information content (AvgIpc) is 3.25. The van der Waals surface area contributed by atoms with Crippen molar-refractivity contribution < 1.29 is 47.4 Å². The van der Waals surface area contributed by atoms with E-state index in [1.165, 1.54) is 84.8 Å².